The predicted octanol–water partition coefficient (Wildman–Crippen LogP) is 4.94. The fourth-order valence-electron chi connectivity index (χ4n) is 3.68. The lowest BCUT2D eigenvalue weighted by Crippen LogP contribution is -2.37. The Bertz CT molecular complexity index is 1060. The van der Waals surface area contributed by atoms with Gasteiger partial charge in [0.05, 0.1) is 11.1 Å². The van der Waals surface area contributed by atoms with Gasteiger partial charge in [0, 0.05) is 24.4 Å². The van der Waals surface area contributed by atoms with Crippen molar-refractivity contribution in [2.75, 3.05) is 18.0 Å². The number of nitrogens with zero attached hydrogens (tertiary/aromatic N) is 3. The number of piperidine rings is 1. The number of aromatic nitrogens is 2. The van der Waals surface area contributed by atoms with E-state index in [4.69, 9.17) is 0 Å². The summed E-state index contributed by atoms with van der Waals surface area (Å²) in [4.78, 5) is 22.4. The normalized spacial score (nSPS) is 15.3. The first-order chi connectivity index (χ1) is 13.9. The van der Waals surface area contributed by atoms with Crippen LogP contribution in [0.3, 0.4) is 0 Å². The lowest BCUT2D eigenvalue weighted by Gasteiger charge is -2.33. The number of carbonyl (C=O) groups is 1. The number of alkyl halides is 2. The largest absolute Gasteiger partial charge is 0.356 e. The van der Waals surface area contributed by atoms with Gasteiger partial charge in [0.2, 0.25) is 0 Å². The van der Waals surface area contributed by atoms with E-state index in [9.17, 15) is 22.4 Å². The standard InChI is InChI=1S/C21H17F4N3O/c22-13-5-6-16(23)15(11-13)18(29)12-7-9-28(10-8-12)21-14-3-1-2-4-17(14)26-20(27-21)19(24)25/h1-6,11-12,19H,7-10H2. The monoisotopic (exact) mass is 403 g/mol. The Labute approximate surface area is 164 Å². The molecule has 0 saturated carbocycles. The third-order valence-electron chi connectivity index (χ3n) is 5.15. The number of benzene rings is 2. The van der Waals surface area contributed by atoms with Crippen LogP contribution in [0.2, 0.25) is 0 Å². The fourth-order valence-corrected chi connectivity index (χ4v) is 3.68. The smallest absolute Gasteiger partial charge is 0.297 e. The van der Waals surface area contributed by atoms with Crippen LogP contribution in [0.25, 0.3) is 10.9 Å². The topological polar surface area (TPSA) is 46.1 Å². The van der Waals surface area contributed by atoms with Crippen LogP contribution in [0, 0.1) is 17.6 Å². The number of hydrogen-bond donors (Lipinski definition) is 0. The summed E-state index contributed by atoms with van der Waals surface area (Å²) in [6.07, 6.45) is -2.03. The van der Waals surface area contributed by atoms with E-state index in [1.54, 1.807) is 24.3 Å². The van der Waals surface area contributed by atoms with Gasteiger partial charge in [-0.25, -0.2) is 27.5 Å². The molecule has 0 radical (unpaired) electrons. The molecule has 0 aliphatic carbocycles. The van der Waals surface area contributed by atoms with Crippen LogP contribution < -0.4 is 4.90 Å². The third-order valence-corrected chi connectivity index (χ3v) is 5.15. The Morgan fingerprint density at radius 2 is 1.76 bits per heavy atom. The molecule has 2 heterocycles. The summed E-state index contributed by atoms with van der Waals surface area (Å²) in [6.45, 7) is 0.772. The molecule has 1 fully saturated rings. The predicted molar refractivity (Wildman–Crippen MR) is 100 cm³/mol. The summed E-state index contributed by atoms with van der Waals surface area (Å²) < 4.78 is 53.8. The Balaban J connectivity index is 1.57. The zero-order chi connectivity index (χ0) is 20.5. The van der Waals surface area contributed by atoms with E-state index >= 15 is 0 Å². The highest BCUT2D eigenvalue weighted by Gasteiger charge is 2.29. The molecule has 29 heavy (non-hydrogen) atoms. The molecule has 1 aliphatic rings. The van der Waals surface area contributed by atoms with Gasteiger partial charge in [-0.05, 0) is 43.2 Å². The highest BCUT2D eigenvalue weighted by molar-refractivity contribution is 5.98. The van der Waals surface area contributed by atoms with Crippen LogP contribution in [0.5, 0.6) is 0 Å². The fraction of sp³-hybridized carbons (Fsp3) is 0.286. The van der Waals surface area contributed by atoms with Crippen LogP contribution >= 0.6 is 0 Å². The molecule has 1 aromatic heterocycles. The van der Waals surface area contributed by atoms with E-state index in [0.29, 0.717) is 42.7 Å². The Hall–Kier alpha value is -3.03. The second-order valence-electron chi connectivity index (χ2n) is 6.97. The number of rotatable bonds is 4. The average Bonchev–Trinajstić information content (AvgIpc) is 2.74. The molecular weight excluding hydrogens is 386 g/mol. The van der Waals surface area contributed by atoms with Gasteiger partial charge in [-0.2, -0.15) is 0 Å². The second-order valence-corrected chi connectivity index (χ2v) is 6.97. The van der Waals surface area contributed by atoms with E-state index in [0.717, 1.165) is 18.2 Å². The van der Waals surface area contributed by atoms with E-state index in [1.807, 2.05) is 4.90 Å². The summed E-state index contributed by atoms with van der Waals surface area (Å²) in [5, 5.41) is 0.651. The number of hydrogen-bond acceptors (Lipinski definition) is 4. The minimum Gasteiger partial charge on any atom is -0.356 e. The molecule has 0 N–H and O–H groups in total. The Kier molecular flexibility index (Phi) is 5.17. The van der Waals surface area contributed by atoms with Gasteiger partial charge in [-0.1, -0.05) is 12.1 Å². The maximum Gasteiger partial charge on any atom is 0.297 e. The number of fused-ring (bicyclic) bond motifs is 1. The van der Waals surface area contributed by atoms with E-state index in [2.05, 4.69) is 9.97 Å². The van der Waals surface area contributed by atoms with Crippen LogP contribution in [0.4, 0.5) is 23.4 Å². The number of carbonyl (C=O) groups excluding carboxylic acids is 1. The van der Waals surface area contributed by atoms with Crippen molar-refractivity contribution >= 4 is 22.5 Å². The van der Waals surface area contributed by atoms with Gasteiger partial charge >= 0.3 is 0 Å². The zero-order valence-electron chi connectivity index (χ0n) is 15.3. The Morgan fingerprint density at radius 3 is 2.48 bits per heavy atom. The van der Waals surface area contributed by atoms with Gasteiger partial charge < -0.3 is 4.90 Å². The Morgan fingerprint density at radius 1 is 1.03 bits per heavy atom. The number of ketones is 1. The second kappa shape index (κ2) is 7.77. The molecule has 150 valence electrons. The number of Topliss-reactive ketones (excluding diaryl/α,β-unsaturated/α-hetero) is 1. The molecule has 2 aromatic carbocycles. The quantitative estimate of drug-likeness (QED) is 0.457. The van der Waals surface area contributed by atoms with Crippen LogP contribution in [0.1, 0.15) is 35.4 Å². The zero-order valence-corrected chi connectivity index (χ0v) is 15.3. The number of anilines is 1. The van der Waals surface area contributed by atoms with Gasteiger partial charge in [0.25, 0.3) is 6.43 Å². The minimum absolute atomic E-state index is 0.254. The molecule has 4 rings (SSSR count). The molecule has 0 bridgehead atoms. The van der Waals surface area contributed by atoms with Crippen LogP contribution in [-0.4, -0.2) is 28.8 Å². The van der Waals surface area contributed by atoms with Gasteiger partial charge in [0.15, 0.2) is 11.6 Å². The molecule has 1 saturated heterocycles. The first-order valence-corrected chi connectivity index (χ1v) is 9.23. The van der Waals surface area contributed by atoms with E-state index in [1.165, 1.54) is 0 Å². The van der Waals surface area contributed by atoms with Gasteiger partial charge in [-0.3, -0.25) is 4.79 Å². The van der Waals surface area contributed by atoms with Crippen LogP contribution in [0.15, 0.2) is 42.5 Å². The lowest BCUT2D eigenvalue weighted by molar-refractivity contribution is 0.0895. The highest BCUT2D eigenvalue weighted by Crippen LogP contribution is 2.31. The number of halogens is 4. The molecule has 8 heteroatoms. The van der Waals surface area contributed by atoms with Crippen LogP contribution in [-0.2, 0) is 0 Å². The third kappa shape index (κ3) is 3.79. The van der Waals surface area contributed by atoms with Crippen molar-refractivity contribution in [3.8, 4) is 0 Å². The maximum atomic E-state index is 13.9. The van der Waals surface area contributed by atoms with Crippen molar-refractivity contribution < 1.29 is 22.4 Å². The summed E-state index contributed by atoms with van der Waals surface area (Å²) in [7, 11) is 0. The molecule has 0 spiro atoms. The molecular formula is C21H17F4N3O. The lowest BCUT2D eigenvalue weighted by atomic mass is 9.88. The number of para-hydroxylation sites is 1. The molecule has 0 atom stereocenters. The summed E-state index contributed by atoms with van der Waals surface area (Å²) in [6, 6.07) is 9.73. The first-order valence-electron chi connectivity index (χ1n) is 9.23. The SMILES string of the molecule is O=C(c1cc(F)ccc1F)C1CCN(c2nc(C(F)F)nc3ccccc23)CC1. The minimum atomic E-state index is -2.80. The molecule has 3 aromatic rings. The van der Waals surface area contributed by atoms with Crippen molar-refractivity contribution in [3.63, 3.8) is 0 Å². The van der Waals surface area contributed by atoms with Crippen molar-refractivity contribution in [1.29, 1.82) is 0 Å². The van der Waals surface area contributed by atoms with E-state index < -0.39 is 35.6 Å². The van der Waals surface area contributed by atoms with Crippen molar-refractivity contribution in [3.05, 3.63) is 65.5 Å². The summed E-state index contributed by atoms with van der Waals surface area (Å²) >= 11 is 0. The molecule has 1 aliphatic heterocycles. The average molecular weight is 403 g/mol. The molecule has 0 amide bonds. The van der Waals surface area contributed by atoms with Gasteiger partial charge in [0.1, 0.15) is 17.5 Å². The van der Waals surface area contributed by atoms with Gasteiger partial charge in [-0.15, -0.1) is 0 Å². The van der Waals surface area contributed by atoms with Crippen molar-refractivity contribution in [1.82, 2.24) is 9.97 Å². The first kappa shape index (κ1) is 19.3. The molecule has 0 unspecified atom stereocenters. The van der Waals surface area contributed by atoms with Crippen molar-refractivity contribution in [2.45, 2.75) is 19.3 Å². The summed E-state index contributed by atoms with van der Waals surface area (Å²) in [5.74, 6) is -2.47. The van der Waals surface area contributed by atoms with Crippen molar-refractivity contribution in [2.24, 2.45) is 5.92 Å². The maximum absolute atomic E-state index is 13.9. The summed E-state index contributed by atoms with van der Waals surface area (Å²) in [5.41, 5.74) is 0.170. The van der Waals surface area contributed by atoms with E-state index in [-0.39, 0.29) is 5.56 Å². The molecule has 4 nitrogen and oxygen atoms in total. The highest BCUT2D eigenvalue weighted by atomic mass is 19.3.